The largest absolute Gasteiger partial charge is 0.378 e. The molecule has 0 spiro atoms. The highest BCUT2D eigenvalue weighted by atomic mass is 127. The zero-order valence-electron chi connectivity index (χ0n) is 15.2. The van der Waals surface area contributed by atoms with Crippen LogP contribution < -0.4 is 10.6 Å². The molecular weight excluding hydrogens is 419 g/mol. The Balaban J connectivity index is 0.00000288. The maximum atomic E-state index is 5.94. The first-order valence-corrected chi connectivity index (χ1v) is 8.75. The molecule has 0 saturated heterocycles. The normalized spacial score (nSPS) is 22.4. The molecule has 2 unspecified atom stereocenters. The number of halogens is 1. The second-order valence-electron chi connectivity index (χ2n) is 6.00. The Morgan fingerprint density at radius 2 is 2.12 bits per heavy atom. The van der Waals surface area contributed by atoms with Crippen LogP contribution in [0.3, 0.4) is 0 Å². The summed E-state index contributed by atoms with van der Waals surface area (Å²) in [6.45, 7) is 10.8. The molecule has 2 atom stereocenters. The van der Waals surface area contributed by atoms with Crippen molar-refractivity contribution in [3.63, 3.8) is 0 Å². The minimum atomic E-state index is 0. The molecule has 2 N–H and O–H groups in total. The van der Waals surface area contributed by atoms with Gasteiger partial charge in [0.05, 0.1) is 12.6 Å². The van der Waals surface area contributed by atoms with Gasteiger partial charge in [-0.3, -0.25) is 0 Å². The lowest BCUT2D eigenvalue weighted by Gasteiger charge is -2.55. The average molecular weight is 450 g/mol. The Kier molecular flexibility index (Phi) is 9.04. The molecule has 1 heterocycles. The van der Waals surface area contributed by atoms with Crippen LogP contribution in [0.25, 0.3) is 0 Å². The number of nitrogens with one attached hydrogen (secondary N) is 2. The van der Waals surface area contributed by atoms with Gasteiger partial charge in [-0.1, -0.05) is 19.0 Å². The summed E-state index contributed by atoms with van der Waals surface area (Å²) in [5.74, 6) is 0.835. The summed E-state index contributed by atoms with van der Waals surface area (Å²) in [7, 11) is 0. The van der Waals surface area contributed by atoms with Gasteiger partial charge in [0, 0.05) is 30.7 Å². The number of ether oxygens (including phenoxy) is 1. The van der Waals surface area contributed by atoms with Gasteiger partial charge in [0.1, 0.15) is 12.0 Å². The molecule has 1 aromatic rings. The van der Waals surface area contributed by atoms with E-state index in [0.29, 0.717) is 18.7 Å². The van der Waals surface area contributed by atoms with Gasteiger partial charge in [-0.05, 0) is 33.1 Å². The predicted molar refractivity (Wildman–Crippen MR) is 107 cm³/mol. The van der Waals surface area contributed by atoms with Crippen LogP contribution in [0.15, 0.2) is 21.8 Å². The molecule has 2 rings (SSSR count). The van der Waals surface area contributed by atoms with Crippen molar-refractivity contribution in [1.29, 1.82) is 0 Å². The molecule has 6 nitrogen and oxygen atoms in total. The Morgan fingerprint density at radius 3 is 2.67 bits per heavy atom. The van der Waals surface area contributed by atoms with E-state index in [-0.39, 0.29) is 29.4 Å². The van der Waals surface area contributed by atoms with Gasteiger partial charge in [-0.15, -0.1) is 24.0 Å². The molecule has 1 aromatic heterocycles. The number of aliphatic imine (C=N–C) groups is 1. The van der Waals surface area contributed by atoms with Gasteiger partial charge in [0.2, 0.25) is 0 Å². The first-order chi connectivity index (χ1) is 11.2. The van der Waals surface area contributed by atoms with Crippen molar-refractivity contribution in [2.75, 3.05) is 13.2 Å². The topological polar surface area (TPSA) is 71.7 Å². The lowest BCUT2D eigenvalue weighted by molar-refractivity contribution is -0.133. The molecule has 0 bridgehead atoms. The zero-order valence-corrected chi connectivity index (χ0v) is 17.5. The lowest BCUT2D eigenvalue weighted by Crippen LogP contribution is -2.65. The maximum Gasteiger partial charge on any atom is 0.191 e. The van der Waals surface area contributed by atoms with Crippen LogP contribution in [-0.4, -0.2) is 36.4 Å². The van der Waals surface area contributed by atoms with E-state index >= 15 is 0 Å². The fourth-order valence-corrected chi connectivity index (χ4v) is 3.55. The first kappa shape index (κ1) is 21.2. The van der Waals surface area contributed by atoms with E-state index in [1.165, 1.54) is 0 Å². The van der Waals surface area contributed by atoms with E-state index in [0.717, 1.165) is 44.1 Å². The quantitative estimate of drug-likeness (QED) is 0.361. The summed E-state index contributed by atoms with van der Waals surface area (Å²) in [6.07, 6.45) is 5.16. The highest BCUT2D eigenvalue weighted by Gasteiger charge is 2.53. The van der Waals surface area contributed by atoms with Crippen LogP contribution in [0.1, 0.15) is 52.7 Å². The SMILES string of the molecule is CCNC(=NCc1ccon1)NC1CC(OCC)C1(CC)CC.I. The van der Waals surface area contributed by atoms with Gasteiger partial charge >= 0.3 is 0 Å². The van der Waals surface area contributed by atoms with Crippen LogP contribution >= 0.6 is 24.0 Å². The minimum Gasteiger partial charge on any atom is -0.378 e. The second-order valence-corrected chi connectivity index (χ2v) is 6.00. The fourth-order valence-electron chi connectivity index (χ4n) is 3.55. The van der Waals surface area contributed by atoms with E-state index in [2.05, 4.69) is 48.5 Å². The van der Waals surface area contributed by atoms with E-state index in [1.807, 2.05) is 6.07 Å². The van der Waals surface area contributed by atoms with Crippen molar-refractivity contribution >= 4 is 29.9 Å². The van der Waals surface area contributed by atoms with Crippen molar-refractivity contribution in [3.05, 3.63) is 18.0 Å². The van der Waals surface area contributed by atoms with E-state index in [9.17, 15) is 0 Å². The lowest BCUT2D eigenvalue weighted by atomic mass is 9.58. The van der Waals surface area contributed by atoms with Gasteiger partial charge < -0.3 is 19.9 Å². The molecule has 0 radical (unpaired) electrons. The van der Waals surface area contributed by atoms with E-state index in [1.54, 1.807) is 6.26 Å². The Hall–Kier alpha value is -0.830. The monoisotopic (exact) mass is 450 g/mol. The van der Waals surface area contributed by atoms with Crippen LogP contribution in [0.4, 0.5) is 0 Å². The van der Waals surface area contributed by atoms with Crippen molar-refractivity contribution in [2.45, 2.75) is 65.6 Å². The Bertz CT molecular complexity index is 489. The number of hydrogen-bond acceptors (Lipinski definition) is 4. The number of rotatable bonds is 8. The minimum absolute atomic E-state index is 0. The van der Waals surface area contributed by atoms with Gasteiger partial charge in [-0.2, -0.15) is 0 Å². The molecule has 1 fully saturated rings. The molecule has 0 amide bonds. The average Bonchev–Trinajstić information content (AvgIpc) is 3.06. The van der Waals surface area contributed by atoms with Crippen molar-refractivity contribution < 1.29 is 9.26 Å². The number of hydrogen-bond donors (Lipinski definition) is 2. The van der Waals surface area contributed by atoms with Gasteiger partial charge in [-0.25, -0.2) is 4.99 Å². The summed E-state index contributed by atoms with van der Waals surface area (Å²) in [5.41, 5.74) is 1.03. The molecule has 0 aliphatic heterocycles. The zero-order chi connectivity index (χ0) is 16.7. The molecule has 1 saturated carbocycles. The van der Waals surface area contributed by atoms with Crippen LogP contribution in [0.5, 0.6) is 0 Å². The number of aromatic nitrogens is 1. The number of nitrogens with zero attached hydrogens (tertiary/aromatic N) is 2. The third kappa shape index (κ3) is 4.62. The molecular formula is C17H31IN4O2. The van der Waals surface area contributed by atoms with Crippen molar-refractivity contribution in [2.24, 2.45) is 10.4 Å². The summed E-state index contributed by atoms with van der Waals surface area (Å²) < 4.78 is 10.8. The van der Waals surface area contributed by atoms with Gasteiger partial charge in [0.15, 0.2) is 5.96 Å². The third-order valence-corrected chi connectivity index (χ3v) is 5.01. The molecule has 0 aromatic carbocycles. The van der Waals surface area contributed by atoms with Gasteiger partial charge in [0.25, 0.3) is 0 Å². The predicted octanol–water partition coefficient (Wildman–Crippen LogP) is 3.33. The highest BCUT2D eigenvalue weighted by molar-refractivity contribution is 14.0. The Labute approximate surface area is 162 Å². The fraction of sp³-hybridized carbons (Fsp3) is 0.765. The van der Waals surface area contributed by atoms with Crippen LogP contribution in [0, 0.1) is 5.41 Å². The number of guanidine groups is 1. The third-order valence-electron chi connectivity index (χ3n) is 5.01. The highest BCUT2D eigenvalue weighted by Crippen LogP contribution is 2.48. The second kappa shape index (κ2) is 10.2. The van der Waals surface area contributed by atoms with Crippen LogP contribution in [-0.2, 0) is 11.3 Å². The van der Waals surface area contributed by atoms with E-state index < -0.39 is 0 Å². The summed E-state index contributed by atoms with van der Waals surface area (Å²) in [4.78, 5) is 4.61. The molecule has 1 aliphatic carbocycles. The Morgan fingerprint density at radius 1 is 1.38 bits per heavy atom. The van der Waals surface area contributed by atoms with Crippen LogP contribution in [0.2, 0.25) is 0 Å². The molecule has 24 heavy (non-hydrogen) atoms. The van der Waals surface area contributed by atoms with E-state index in [4.69, 9.17) is 9.26 Å². The smallest absolute Gasteiger partial charge is 0.191 e. The summed E-state index contributed by atoms with van der Waals surface area (Å²) >= 11 is 0. The summed E-state index contributed by atoms with van der Waals surface area (Å²) in [6, 6.07) is 2.23. The summed E-state index contributed by atoms with van der Waals surface area (Å²) in [5, 5.41) is 10.8. The first-order valence-electron chi connectivity index (χ1n) is 8.75. The molecule has 1 aliphatic rings. The van der Waals surface area contributed by atoms with Crippen molar-refractivity contribution in [1.82, 2.24) is 15.8 Å². The van der Waals surface area contributed by atoms with Crippen molar-refractivity contribution in [3.8, 4) is 0 Å². The standard InChI is InChI=1S/C17H30N4O2.HI/c1-5-17(6-2)14(11-15(17)22-8-4)20-16(18-7-3)19-12-13-9-10-23-21-13;/h9-10,14-15H,5-8,11-12H2,1-4H3,(H2,18,19,20);1H. The maximum absolute atomic E-state index is 5.94. The molecule has 7 heteroatoms. The molecule has 138 valence electrons.